The number of likely N-dealkylation sites (N-methyl/N-ethyl adjacent to an activating group) is 1. The Morgan fingerprint density at radius 1 is 1.16 bits per heavy atom. The van der Waals surface area contributed by atoms with Gasteiger partial charge in [0.2, 0.25) is 0 Å². The summed E-state index contributed by atoms with van der Waals surface area (Å²) in [6, 6.07) is 5.69. The molecule has 1 aliphatic rings. The van der Waals surface area contributed by atoms with Crippen molar-refractivity contribution in [3.05, 3.63) is 23.8 Å². The van der Waals surface area contributed by atoms with E-state index in [2.05, 4.69) is 20.9 Å². The highest BCUT2D eigenvalue weighted by Crippen LogP contribution is 2.27. The molecule has 3 atom stereocenters. The van der Waals surface area contributed by atoms with Crippen LogP contribution in [0.2, 0.25) is 0 Å². The maximum atomic E-state index is 10.4. The lowest BCUT2D eigenvalue weighted by Gasteiger charge is -2.44. The Kier molecular flexibility index (Phi) is 7.07. The highest BCUT2D eigenvalue weighted by atomic mass is 16.5. The van der Waals surface area contributed by atoms with E-state index in [1.807, 2.05) is 18.2 Å². The average Bonchev–Trinajstić information content (AvgIpc) is 2.52. The third-order valence-electron chi connectivity index (χ3n) is 4.54. The van der Waals surface area contributed by atoms with Gasteiger partial charge in [-0.15, -0.1) is 0 Å². The summed E-state index contributed by atoms with van der Waals surface area (Å²) in [5, 5.41) is 10.4. The predicted octanol–water partition coefficient (Wildman–Crippen LogP) is 1.84. The lowest BCUT2D eigenvalue weighted by atomic mass is 10.1. The Hall–Kier alpha value is -1.34. The van der Waals surface area contributed by atoms with Gasteiger partial charge >= 0.3 is 0 Å². The van der Waals surface area contributed by atoms with Gasteiger partial charge in [-0.25, -0.2) is 0 Å². The Morgan fingerprint density at radius 2 is 1.80 bits per heavy atom. The number of benzene rings is 1. The SMILES string of the molecule is COc1ccc(COCC(O)C[N+]2(C)CC(C)OC(C)C2)cc1OC. The van der Waals surface area contributed by atoms with Crippen molar-refractivity contribution < 1.29 is 28.5 Å². The molecule has 0 amide bonds. The number of morpholine rings is 1. The van der Waals surface area contributed by atoms with Gasteiger partial charge in [0, 0.05) is 0 Å². The van der Waals surface area contributed by atoms with Gasteiger partial charge in [0.25, 0.3) is 0 Å². The van der Waals surface area contributed by atoms with E-state index in [9.17, 15) is 5.11 Å². The molecule has 142 valence electrons. The van der Waals surface area contributed by atoms with E-state index >= 15 is 0 Å². The molecule has 0 bridgehead atoms. The van der Waals surface area contributed by atoms with Crippen LogP contribution in [-0.2, 0) is 16.1 Å². The molecule has 1 aromatic carbocycles. The number of aliphatic hydroxyl groups is 1. The van der Waals surface area contributed by atoms with Crippen LogP contribution in [0.25, 0.3) is 0 Å². The van der Waals surface area contributed by atoms with Crippen molar-refractivity contribution in [2.24, 2.45) is 0 Å². The largest absolute Gasteiger partial charge is 0.493 e. The van der Waals surface area contributed by atoms with Gasteiger partial charge in [-0.2, -0.15) is 0 Å². The Morgan fingerprint density at radius 3 is 2.40 bits per heavy atom. The van der Waals surface area contributed by atoms with Crippen molar-refractivity contribution >= 4 is 0 Å². The van der Waals surface area contributed by atoms with E-state index in [1.54, 1.807) is 14.2 Å². The molecular weight excluding hydrogens is 322 g/mol. The molecule has 0 spiro atoms. The fourth-order valence-electron chi connectivity index (χ4n) is 3.79. The van der Waals surface area contributed by atoms with E-state index in [-0.39, 0.29) is 12.2 Å². The lowest BCUT2D eigenvalue weighted by molar-refractivity contribution is -0.926. The second kappa shape index (κ2) is 8.85. The molecule has 1 aromatic rings. The van der Waals surface area contributed by atoms with Crippen LogP contribution in [0.3, 0.4) is 0 Å². The van der Waals surface area contributed by atoms with Crippen molar-refractivity contribution in [3.63, 3.8) is 0 Å². The van der Waals surface area contributed by atoms with Gasteiger partial charge in [0.1, 0.15) is 37.9 Å². The fraction of sp³-hybridized carbons (Fsp3) is 0.684. The van der Waals surface area contributed by atoms with Crippen molar-refractivity contribution in [1.29, 1.82) is 0 Å². The first-order chi connectivity index (χ1) is 11.8. The van der Waals surface area contributed by atoms with Gasteiger partial charge in [-0.1, -0.05) is 6.07 Å². The van der Waals surface area contributed by atoms with Crippen molar-refractivity contribution in [3.8, 4) is 11.5 Å². The monoisotopic (exact) mass is 354 g/mol. The summed E-state index contributed by atoms with van der Waals surface area (Å²) in [5.74, 6) is 1.37. The van der Waals surface area contributed by atoms with Crippen LogP contribution in [-0.4, -0.2) is 75.4 Å². The van der Waals surface area contributed by atoms with Crippen LogP contribution in [0.5, 0.6) is 11.5 Å². The molecule has 6 nitrogen and oxygen atoms in total. The Labute approximate surface area is 150 Å². The molecule has 1 N–H and O–H groups in total. The zero-order chi connectivity index (χ0) is 18.4. The molecule has 1 aliphatic heterocycles. The lowest BCUT2D eigenvalue weighted by Crippen LogP contribution is -2.60. The summed E-state index contributed by atoms with van der Waals surface area (Å²) < 4.78 is 22.8. The van der Waals surface area contributed by atoms with Crippen molar-refractivity contribution in [1.82, 2.24) is 0 Å². The molecule has 0 saturated carbocycles. The minimum absolute atomic E-state index is 0.216. The molecule has 3 unspecified atom stereocenters. The van der Waals surface area contributed by atoms with Crippen LogP contribution in [0.4, 0.5) is 0 Å². The molecule has 2 rings (SSSR count). The normalized spacial score (nSPS) is 27.8. The third-order valence-corrected chi connectivity index (χ3v) is 4.54. The van der Waals surface area contributed by atoms with Gasteiger partial charge in [-0.05, 0) is 31.5 Å². The maximum Gasteiger partial charge on any atom is 0.161 e. The molecular formula is C19H32NO5+. The molecule has 1 saturated heterocycles. The van der Waals surface area contributed by atoms with E-state index in [0.29, 0.717) is 31.3 Å². The van der Waals surface area contributed by atoms with Gasteiger partial charge in [-0.3, -0.25) is 0 Å². The second-order valence-corrected chi connectivity index (χ2v) is 7.28. The summed E-state index contributed by atoms with van der Waals surface area (Å²) in [6.45, 7) is 7.42. The second-order valence-electron chi connectivity index (χ2n) is 7.28. The minimum atomic E-state index is -0.498. The summed E-state index contributed by atoms with van der Waals surface area (Å²) in [5.41, 5.74) is 0.985. The van der Waals surface area contributed by atoms with Crippen LogP contribution < -0.4 is 9.47 Å². The third kappa shape index (κ3) is 5.85. The van der Waals surface area contributed by atoms with E-state index < -0.39 is 6.10 Å². The molecule has 1 heterocycles. The van der Waals surface area contributed by atoms with Crippen LogP contribution in [0, 0.1) is 0 Å². The number of quaternary nitrogens is 1. The highest BCUT2D eigenvalue weighted by molar-refractivity contribution is 5.42. The average molecular weight is 354 g/mol. The number of nitrogens with zero attached hydrogens (tertiary/aromatic N) is 1. The first-order valence-corrected chi connectivity index (χ1v) is 8.81. The van der Waals surface area contributed by atoms with Gasteiger partial charge < -0.3 is 28.5 Å². The summed E-state index contributed by atoms with van der Waals surface area (Å²) in [6.07, 6.45) is -0.0649. The molecule has 6 heteroatoms. The van der Waals surface area contributed by atoms with E-state index in [1.165, 1.54) is 0 Å². The molecule has 25 heavy (non-hydrogen) atoms. The zero-order valence-corrected chi connectivity index (χ0v) is 16.0. The number of rotatable bonds is 8. The van der Waals surface area contributed by atoms with E-state index in [0.717, 1.165) is 23.1 Å². The van der Waals surface area contributed by atoms with Crippen LogP contribution in [0.1, 0.15) is 19.4 Å². The van der Waals surface area contributed by atoms with Crippen molar-refractivity contribution in [2.75, 3.05) is 47.5 Å². The molecule has 0 aromatic heterocycles. The molecule has 1 fully saturated rings. The number of hydrogen-bond donors (Lipinski definition) is 1. The van der Waals surface area contributed by atoms with Crippen LogP contribution in [0.15, 0.2) is 18.2 Å². The van der Waals surface area contributed by atoms with Crippen molar-refractivity contribution in [2.45, 2.75) is 38.8 Å². The standard InChI is InChI=1S/C19H32NO5/c1-14-9-20(3,10-15(2)25-14)11-17(21)13-24-12-16-6-7-18(22-4)19(8-16)23-5/h6-8,14-15,17,21H,9-13H2,1-5H3/q+1. The molecule has 0 radical (unpaired) electrons. The van der Waals surface area contributed by atoms with Gasteiger partial charge in [0.05, 0.1) is 34.5 Å². The number of hydrogen-bond acceptors (Lipinski definition) is 5. The predicted molar refractivity (Wildman–Crippen MR) is 96.0 cm³/mol. The highest BCUT2D eigenvalue weighted by Gasteiger charge is 2.35. The summed E-state index contributed by atoms with van der Waals surface area (Å²) >= 11 is 0. The molecule has 0 aliphatic carbocycles. The smallest absolute Gasteiger partial charge is 0.161 e. The fourth-order valence-corrected chi connectivity index (χ4v) is 3.79. The van der Waals surface area contributed by atoms with Crippen LogP contribution >= 0.6 is 0 Å². The summed E-state index contributed by atoms with van der Waals surface area (Å²) in [7, 11) is 5.40. The Bertz CT molecular complexity index is 541. The minimum Gasteiger partial charge on any atom is -0.493 e. The topological polar surface area (TPSA) is 57.2 Å². The van der Waals surface area contributed by atoms with Gasteiger partial charge in [0.15, 0.2) is 11.5 Å². The maximum absolute atomic E-state index is 10.4. The number of ether oxygens (including phenoxy) is 4. The van der Waals surface area contributed by atoms with E-state index in [4.69, 9.17) is 18.9 Å². The Balaban J connectivity index is 1.81. The first-order valence-electron chi connectivity index (χ1n) is 8.81. The quantitative estimate of drug-likeness (QED) is 0.722. The zero-order valence-electron chi connectivity index (χ0n) is 16.0. The number of aliphatic hydroxyl groups excluding tert-OH is 1. The summed E-state index contributed by atoms with van der Waals surface area (Å²) in [4.78, 5) is 0. The first kappa shape index (κ1) is 20.0. The number of methoxy groups -OCH3 is 2.